The highest BCUT2D eigenvalue weighted by Crippen LogP contribution is 2.35. The highest BCUT2D eigenvalue weighted by molar-refractivity contribution is 5.69. The minimum absolute atomic E-state index is 1.04. The minimum Gasteiger partial charge on any atom is -0.465 e. The van der Waals surface area contributed by atoms with Crippen molar-refractivity contribution in [1.29, 1.82) is 0 Å². The maximum atomic E-state index is 6.41. The number of aryl methyl sites for hydroxylation is 4. The van der Waals surface area contributed by atoms with Crippen molar-refractivity contribution < 1.29 is 8.83 Å². The Balaban J connectivity index is 2.28. The van der Waals surface area contributed by atoms with Crippen LogP contribution < -0.4 is 0 Å². The summed E-state index contributed by atoms with van der Waals surface area (Å²) in [6.07, 6.45) is 19.1. The second-order valence-corrected chi connectivity index (χ2v) is 8.93. The van der Waals surface area contributed by atoms with Gasteiger partial charge in [-0.25, -0.2) is 0 Å². The lowest BCUT2D eigenvalue weighted by molar-refractivity contribution is 0.447. The highest BCUT2D eigenvalue weighted by atomic mass is 16.3. The molecule has 2 aromatic rings. The molecule has 0 aliphatic heterocycles. The first-order chi connectivity index (χ1) is 14.7. The molecule has 0 fully saturated rings. The van der Waals surface area contributed by atoms with E-state index in [2.05, 4.69) is 39.8 Å². The summed E-state index contributed by atoms with van der Waals surface area (Å²) in [5.74, 6) is 4.71. The van der Waals surface area contributed by atoms with Gasteiger partial charge in [-0.15, -0.1) is 0 Å². The Bertz CT molecular complexity index is 631. The average Bonchev–Trinajstić information content (AvgIpc) is 3.33. The molecule has 30 heavy (non-hydrogen) atoms. The SMILES string of the molecule is CCCCCc1cc(-c2cc(CCCCC)oc2CCCCC)c(CCCCC)o1. The zero-order valence-corrected chi connectivity index (χ0v) is 20.3. The molecule has 2 aromatic heterocycles. The van der Waals surface area contributed by atoms with Gasteiger partial charge in [-0.2, -0.15) is 0 Å². The van der Waals surface area contributed by atoms with Crippen LogP contribution in [0.2, 0.25) is 0 Å². The van der Waals surface area contributed by atoms with Gasteiger partial charge in [0.05, 0.1) is 0 Å². The largest absolute Gasteiger partial charge is 0.465 e. The lowest BCUT2D eigenvalue weighted by Gasteiger charge is -2.04. The molecule has 0 radical (unpaired) electrons. The fourth-order valence-corrected chi connectivity index (χ4v) is 4.21. The van der Waals surface area contributed by atoms with E-state index in [-0.39, 0.29) is 0 Å². The van der Waals surface area contributed by atoms with Crippen molar-refractivity contribution in [3.05, 3.63) is 35.2 Å². The third-order valence-corrected chi connectivity index (χ3v) is 6.08. The quantitative estimate of drug-likeness (QED) is 0.241. The fraction of sp³-hybridized carbons (Fsp3) is 0.714. The molecular weight excluding hydrogens is 368 g/mol. The first kappa shape index (κ1) is 24.8. The lowest BCUT2D eigenvalue weighted by atomic mass is 9.99. The molecule has 0 atom stereocenters. The number of furan rings is 2. The Hall–Kier alpha value is -1.44. The predicted molar refractivity (Wildman–Crippen MR) is 129 cm³/mol. The van der Waals surface area contributed by atoms with Crippen LogP contribution in [0.1, 0.15) is 128 Å². The van der Waals surface area contributed by atoms with Crippen LogP contribution in [-0.4, -0.2) is 0 Å². The molecule has 170 valence electrons. The van der Waals surface area contributed by atoms with Crippen molar-refractivity contribution in [1.82, 2.24) is 0 Å². The Labute approximate surface area is 185 Å². The minimum atomic E-state index is 1.04. The Morgan fingerprint density at radius 2 is 0.800 bits per heavy atom. The van der Waals surface area contributed by atoms with Gasteiger partial charge in [-0.05, 0) is 37.8 Å². The van der Waals surface area contributed by atoms with E-state index in [1.54, 1.807) is 0 Å². The van der Waals surface area contributed by atoms with Crippen LogP contribution in [0.4, 0.5) is 0 Å². The standard InChI is InChI=1S/C28H46O2/c1-5-9-13-17-23-21-25(27(29-23)19-15-11-7-3)26-22-24(18-14-10-6-2)30-28(26)20-16-12-8-4/h21-22H,5-20H2,1-4H3. The van der Waals surface area contributed by atoms with Gasteiger partial charge in [0, 0.05) is 36.8 Å². The number of rotatable bonds is 17. The van der Waals surface area contributed by atoms with E-state index in [1.165, 1.54) is 99.7 Å². The molecule has 2 heterocycles. The highest BCUT2D eigenvalue weighted by Gasteiger charge is 2.19. The number of unbranched alkanes of at least 4 members (excludes halogenated alkanes) is 8. The number of hydrogen-bond donors (Lipinski definition) is 0. The van der Waals surface area contributed by atoms with Crippen molar-refractivity contribution in [2.45, 2.75) is 130 Å². The summed E-state index contributed by atoms with van der Waals surface area (Å²) in [6, 6.07) is 4.67. The van der Waals surface area contributed by atoms with E-state index >= 15 is 0 Å². The van der Waals surface area contributed by atoms with Crippen LogP contribution >= 0.6 is 0 Å². The second-order valence-electron chi connectivity index (χ2n) is 8.93. The predicted octanol–water partition coefficient (Wildman–Crippen LogP) is 9.47. The summed E-state index contributed by atoms with van der Waals surface area (Å²) in [4.78, 5) is 0. The van der Waals surface area contributed by atoms with Gasteiger partial charge in [-0.1, -0.05) is 79.1 Å². The van der Waals surface area contributed by atoms with Crippen LogP contribution in [0.15, 0.2) is 21.0 Å². The fourth-order valence-electron chi connectivity index (χ4n) is 4.21. The van der Waals surface area contributed by atoms with Gasteiger partial charge in [0.15, 0.2) is 0 Å². The van der Waals surface area contributed by atoms with Gasteiger partial charge in [0.1, 0.15) is 23.0 Å². The van der Waals surface area contributed by atoms with Gasteiger partial charge in [-0.3, -0.25) is 0 Å². The molecule has 0 N–H and O–H groups in total. The molecule has 0 spiro atoms. The van der Waals surface area contributed by atoms with E-state index in [1.807, 2.05) is 0 Å². The Morgan fingerprint density at radius 1 is 0.467 bits per heavy atom. The summed E-state index contributed by atoms with van der Waals surface area (Å²) in [7, 11) is 0. The molecule has 0 amide bonds. The van der Waals surface area contributed by atoms with Gasteiger partial charge >= 0.3 is 0 Å². The molecular formula is C28H46O2. The number of hydrogen-bond acceptors (Lipinski definition) is 2. The van der Waals surface area contributed by atoms with Crippen molar-refractivity contribution >= 4 is 0 Å². The lowest BCUT2D eigenvalue weighted by Crippen LogP contribution is -1.90. The summed E-state index contributed by atoms with van der Waals surface area (Å²) < 4.78 is 12.8. The average molecular weight is 415 g/mol. The zero-order valence-electron chi connectivity index (χ0n) is 20.3. The summed E-state index contributed by atoms with van der Waals surface area (Å²) in [5, 5.41) is 0. The van der Waals surface area contributed by atoms with Gasteiger partial charge in [0.2, 0.25) is 0 Å². The van der Waals surface area contributed by atoms with Crippen LogP contribution in [0.25, 0.3) is 11.1 Å². The van der Waals surface area contributed by atoms with Gasteiger partial charge in [0.25, 0.3) is 0 Å². The third kappa shape index (κ3) is 8.00. The molecule has 0 saturated carbocycles. The second kappa shape index (κ2) is 14.5. The summed E-state index contributed by atoms with van der Waals surface area (Å²) in [5.41, 5.74) is 2.63. The van der Waals surface area contributed by atoms with Gasteiger partial charge < -0.3 is 8.83 Å². The zero-order chi connectivity index (χ0) is 21.6. The molecule has 0 saturated heterocycles. The maximum Gasteiger partial charge on any atom is 0.112 e. The van der Waals surface area contributed by atoms with Crippen LogP contribution in [0, 0.1) is 0 Å². The van der Waals surface area contributed by atoms with Crippen LogP contribution in [0.3, 0.4) is 0 Å². The van der Waals surface area contributed by atoms with E-state index in [0.717, 1.165) is 37.2 Å². The van der Waals surface area contributed by atoms with Crippen molar-refractivity contribution in [3.8, 4) is 11.1 Å². The first-order valence-electron chi connectivity index (χ1n) is 13.0. The first-order valence-corrected chi connectivity index (χ1v) is 13.0. The smallest absolute Gasteiger partial charge is 0.112 e. The van der Waals surface area contributed by atoms with Crippen LogP contribution in [-0.2, 0) is 25.7 Å². The molecule has 2 heteroatoms. The molecule has 0 aliphatic carbocycles. The third-order valence-electron chi connectivity index (χ3n) is 6.08. The topological polar surface area (TPSA) is 26.3 Å². The molecule has 0 unspecified atom stereocenters. The van der Waals surface area contributed by atoms with Crippen molar-refractivity contribution in [2.24, 2.45) is 0 Å². The summed E-state index contributed by atoms with van der Waals surface area (Å²) >= 11 is 0. The van der Waals surface area contributed by atoms with E-state index in [9.17, 15) is 0 Å². The van der Waals surface area contributed by atoms with E-state index in [0.29, 0.717) is 0 Å². The summed E-state index contributed by atoms with van der Waals surface area (Å²) in [6.45, 7) is 9.06. The Morgan fingerprint density at radius 3 is 1.13 bits per heavy atom. The van der Waals surface area contributed by atoms with Crippen molar-refractivity contribution in [3.63, 3.8) is 0 Å². The molecule has 2 nitrogen and oxygen atoms in total. The normalized spacial score (nSPS) is 11.5. The Kier molecular flexibility index (Phi) is 12.0. The van der Waals surface area contributed by atoms with Crippen molar-refractivity contribution in [2.75, 3.05) is 0 Å². The monoisotopic (exact) mass is 414 g/mol. The molecule has 2 rings (SSSR count). The van der Waals surface area contributed by atoms with E-state index in [4.69, 9.17) is 8.83 Å². The van der Waals surface area contributed by atoms with Crippen LogP contribution in [0.5, 0.6) is 0 Å². The maximum absolute atomic E-state index is 6.41. The molecule has 0 bridgehead atoms. The van der Waals surface area contributed by atoms with E-state index < -0.39 is 0 Å². The molecule has 0 aromatic carbocycles. The molecule has 0 aliphatic rings.